The van der Waals surface area contributed by atoms with E-state index in [1.54, 1.807) is 0 Å². The molecule has 0 spiro atoms. The van der Waals surface area contributed by atoms with Crippen molar-refractivity contribution in [1.29, 1.82) is 0 Å². The maximum Gasteiger partial charge on any atom is 0.490 e. The first-order chi connectivity index (χ1) is 10.4. The van der Waals surface area contributed by atoms with Gasteiger partial charge in [-0.15, -0.1) is 0 Å². The molecule has 0 heterocycles. The summed E-state index contributed by atoms with van der Waals surface area (Å²) < 4.78 is 41.2. The van der Waals surface area contributed by atoms with Crippen LogP contribution in [0.1, 0.15) is 71.1 Å². The van der Waals surface area contributed by atoms with Crippen molar-refractivity contribution in [3.05, 3.63) is 0 Å². The highest BCUT2D eigenvalue weighted by atomic mass is 19.4. The Hall–Kier alpha value is -0.740. The summed E-state index contributed by atoms with van der Waals surface area (Å²) in [7, 11) is 0. The van der Waals surface area contributed by atoms with Crippen LogP contribution in [0.5, 0.6) is 0 Å². The minimum absolute atomic E-state index is 0.540. The molecule has 128 valence electrons. The molecule has 0 amide bonds. The number of ether oxygens (including phenoxy) is 1. The molecule has 5 heteroatoms. The van der Waals surface area contributed by atoms with Crippen LogP contribution in [0.3, 0.4) is 0 Å². The van der Waals surface area contributed by atoms with Crippen molar-refractivity contribution in [2.24, 2.45) is 17.8 Å². The molecule has 22 heavy (non-hydrogen) atoms. The number of carbonyl (C=O) groups excluding carboxylic acids is 1. The first-order valence-corrected chi connectivity index (χ1v) is 8.68. The molecule has 0 aromatic carbocycles. The van der Waals surface area contributed by atoms with Crippen molar-refractivity contribution in [1.82, 2.24) is 0 Å². The van der Waals surface area contributed by atoms with Crippen LogP contribution >= 0.6 is 0 Å². The number of carbonyl (C=O) groups is 1. The summed E-state index contributed by atoms with van der Waals surface area (Å²) in [5.74, 6) is 0.192. The van der Waals surface area contributed by atoms with E-state index in [0.29, 0.717) is 18.8 Å². The van der Waals surface area contributed by atoms with Crippen molar-refractivity contribution >= 4 is 5.97 Å². The maximum absolute atomic E-state index is 12.2. The minimum Gasteiger partial charge on any atom is -0.456 e. The lowest BCUT2D eigenvalue weighted by Crippen LogP contribution is -2.34. The average Bonchev–Trinajstić information content (AvgIpc) is 2.48. The molecule has 0 radical (unpaired) electrons. The molecule has 0 aromatic rings. The quantitative estimate of drug-likeness (QED) is 0.661. The van der Waals surface area contributed by atoms with E-state index in [0.717, 1.165) is 24.7 Å². The fourth-order valence-corrected chi connectivity index (χ4v) is 4.25. The smallest absolute Gasteiger partial charge is 0.456 e. The third kappa shape index (κ3) is 4.88. The van der Waals surface area contributed by atoms with Crippen molar-refractivity contribution in [2.45, 2.75) is 83.4 Å². The zero-order valence-corrected chi connectivity index (χ0v) is 13.3. The summed E-state index contributed by atoms with van der Waals surface area (Å²) in [6.45, 7) is 2.23. The normalized spacial score (nSPS) is 33.5. The van der Waals surface area contributed by atoms with Gasteiger partial charge in [0.1, 0.15) is 6.10 Å². The van der Waals surface area contributed by atoms with Crippen molar-refractivity contribution in [3.8, 4) is 0 Å². The van der Waals surface area contributed by atoms with Gasteiger partial charge < -0.3 is 4.74 Å². The second-order valence-electron chi connectivity index (χ2n) is 7.01. The zero-order chi connectivity index (χ0) is 16.2. The van der Waals surface area contributed by atoms with Crippen LogP contribution in [-0.4, -0.2) is 18.2 Å². The van der Waals surface area contributed by atoms with Crippen LogP contribution in [0.25, 0.3) is 0 Å². The topological polar surface area (TPSA) is 26.3 Å². The highest BCUT2D eigenvalue weighted by Gasteiger charge is 2.43. The lowest BCUT2D eigenvalue weighted by molar-refractivity contribution is -0.206. The minimum atomic E-state index is -4.87. The fourth-order valence-electron chi connectivity index (χ4n) is 4.25. The van der Waals surface area contributed by atoms with Gasteiger partial charge in [-0.3, -0.25) is 0 Å². The van der Waals surface area contributed by atoms with E-state index in [1.807, 2.05) is 0 Å². The molecule has 2 rings (SSSR count). The Kier molecular flexibility index (Phi) is 6.16. The molecular weight excluding hydrogens is 293 g/mol. The summed E-state index contributed by atoms with van der Waals surface area (Å²) in [6, 6.07) is 0. The van der Waals surface area contributed by atoms with Crippen LogP contribution < -0.4 is 0 Å². The van der Waals surface area contributed by atoms with E-state index in [9.17, 15) is 18.0 Å². The molecule has 0 N–H and O–H groups in total. The van der Waals surface area contributed by atoms with E-state index in [4.69, 9.17) is 0 Å². The van der Waals surface area contributed by atoms with E-state index in [1.165, 1.54) is 38.5 Å². The van der Waals surface area contributed by atoms with E-state index >= 15 is 0 Å². The molecule has 0 saturated heterocycles. The molecule has 2 aliphatic carbocycles. The van der Waals surface area contributed by atoms with Crippen LogP contribution in [0.15, 0.2) is 0 Å². The lowest BCUT2D eigenvalue weighted by atomic mass is 9.70. The average molecular weight is 320 g/mol. The van der Waals surface area contributed by atoms with Crippen molar-refractivity contribution in [2.75, 3.05) is 0 Å². The number of hydrogen-bond donors (Lipinski definition) is 0. The Bertz CT molecular complexity index is 351. The van der Waals surface area contributed by atoms with Gasteiger partial charge in [-0.2, -0.15) is 13.2 Å². The fraction of sp³-hybridized carbons (Fsp3) is 0.941. The van der Waals surface area contributed by atoms with Crippen LogP contribution in [0.4, 0.5) is 13.2 Å². The second kappa shape index (κ2) is 7.69. The molecule has 2 aliphatic rings. The van der Waals surface area contributed by atoms with Crippen LogP contribution in [0.2, 0.25) is 0 Å². The van der Waals surface area contributed by atoms with Crippen molar-refractivity contribution < 1.29 is 22.7 Å². The predicted octanol–water partition coefficient (Wildman–Crippen LogP) is 5.26. The summed E-state index contributed by atoms with van der Waals surface area (Å²) in [5, 5.41) is 0. The van der Waals surface area contributed by atoms with Crippen LogP contribution in [0, 0.1) is 17.8 Å². The number of alkyl halides is 3. The van der Waals surface area contributed by atoms with Gasteiger partial charge in [0.05, 0.1) is 0 Å². The molecular formula is C17H27F3O2. The van der Waals surface area contributed by atoms with E-state index in [-0.39, 0.29) is 0 Å². The summed E-state index contributed by atoms with van der Waals surface area (Å²) in [4.78, 5) is 10.9. The van der Waals surface area contributed by atoms with Gasteiger partial charge in [0.15, 0.2) is 0 Å². The monoisotopic (exact) mass is 320 g/mol. The lowest BCUT2D eigenvalue weighted by Gasteiger charge is -2.37. The maximum atomic E-state index is 12.2. The number of esters is 1. The summed E-state index contributed by atoms with van der Waals surface area (Å²) in [6.07, 6.45) is 5.29. The molecule has 0 aliphatic heterocycles. The first-order valence-electron chi connectivity index (χ1n) is 8.68. The highest BCUT2D eigenvalue weighted by molar-refractivity contribution is 5.75. The molecule has 0 aromatic heterocycles. The highest BCUT2D eigenvalue weighted by Crippen LogP contribution is 2.41. The zero-order valence-electron chi connectivity index (χ0n) is 13.3. The standard InChI is InChI=1S/C17H27F3O2/c1-2-3-12-4-6-13(7-5-12)14-8-10-15(11-9-14)22-16(21)17(18,19)20/h12-15H,2-11H2,1H3. The van der Waals surface area contributed by atoms with Crippen LogP contribution in [-0.2, 0) is 9.53 Å². The van der Waals surface area contributed by atoms with E-state index < -0.39 is 18.2 Å². The molecule has 2 nitrogen and oxygen atoms in total. The molecule has 0 atom stereocenters. The van der Waals surface area contributed by atoms with Gasteiger partial charge in [0.2, 0.25) is 0 Å². The molecule has 0 bridgehead atoms. The SMILES string of the molecule is CCCC1CCC(C2CCC(OC(=O)C(F)(F)F)CC2)CC1. The Morgan fingerprint density at radius 3 is 1.91 bits per heavy atom. The Morgan fingerprint density at radius 1 is 0.955 bits per heavy atom. The first kappa shape index (κ1) is 17.6. The Morgan fingerprint density at radius 2 is 1.45 bits per heavy atom. The number of hydrogen-bond acceptors (Lipinski definition) is 2. The third-order valence-electron chi connectivity index (χ3n) is 5.48. The van der Waals surface area contributed by atoms with Gasteiger partial charge in [-0.1, -0.05) is 32.6 Å². The van der Waals surface area contributed by atoms with Gasteiger partial charge >= 0.3 is 12.1 Å². The summed E-state index contributed by atoms with van der Waals surface area (Å²) in [5.41, 5.74) is 0. The second-order valence-corrected chi connectivity index (χ2v) is 7.01. The van der Waals surface area contributed by atoms with Gasteiger partial charge in [0.25, 0.3) is 0 Å². The molecule has 0 unspecified atom stereocenters. The molecule has 2 saturated carbocycles. The van der Waals surface area contributed by atoms with Gasteiger partial charge in [-0.05, 0) is 56.3 Å². The largest absolute Gasteiger partial charge is 0.490 e. The van der Waals surface area contributed by atoms with E-state index in [2.05, 4.69) is 11.7 Å². The summed E-state index contributed by atoms with van der Waals surface area (Å²) >= 11 is 0. The third-order valence-corrected chi connectivity index (χ3v) is 5.48. The number of halogens is 3. The Balaban J connectivity index is 1.70. The van der Waals surface area contributed by atoms with Gasteiger partial charge in [-0.25, -0.2) is 4.79 Å². The predicted molar refractivity (Wildman–Crippen MR) is 78.2 cm³/mol. The number of rotatable bonds is 4. The van der Waals surface area contributed by atoms with Crippen molar-refractivity contribution in [3.63, 3.8) is 0 Å². The Labute approximate surface area is 130 Å². The van der Waals surface area contributed by atoms with Gasteiger partial charge in [0, 0.05) is 0 Å². The molecule has 2 fully saturated rings.